The van der Waals surface area contributed by atoms with Gasteiger partial charge in [0.15, 0.2) is 5.78 Å². The summed E-state index contributed by atoms with van der Waals surface area (Å²) in [6.45, 7) is 1.87. The third-order valence-electron chi connectivity index (χ3n) is 2.87. The maximum Gasteiger partial charge on any atom is 0.265 e. The second-order valence-electron chi connectivity index (χ2n) is 4.21. The smallest absolute Gasteiger partial charge is 0.265 e. The van der Waals surface area contributed by atoms with Crippen LogP contribution < -0.4 is 11.1 Å². The largest absolute Gasteiger partial charge is 0.292 e. The monoisotopic (exact) mass is 258 g/mol. The predicted octanol–water partition coefficient (Wildman–Crippen LogP) is 0.982. The van der Waals surface area contributed by atoms with E-state index in [1.54, 1.807) is 12.1 Å². The Morgan fingerprint density at radius 2 is 1.79 bits per heavy atom. The summed E-state index contributed by atoms with van der Waals surface area (Å²) in [6.07, 6.45) is 0.903. The average Bonchev–Trinajstić information content (AvgIpc) is 2.43. The van der Waals surface area contributed by atoms with E-state index in [-0.39, 0.29) is 12.3 Å². The molecule has 2 aromatic rings. The summed E-state index contributed by atoms with van der Waals surface area (Å²) in [6, 6.07) is 9.50. The molecule has 1 aromatic carbocycles. The van der Waals surface area contributed by atoms with E-state index >= 15 is 0 Å². The molecule has 0 bridgehead atoms. The number of ketones is 1. The van der Waals surface area contributed by atoms with Crippen molar-refractivity contribution in [3.8, 4) is 0 Å². The normalized spacial score (nSPS) is 10.4. The van der Waals surface area contributed by atoms with Gasteiger partial charge in [-0.15, -0.1) is 0 Å². The van der Waals surface area contributed by atoms with Crippen molar-refractivity contribution >= 4 is 5.78 Å². The second-order valence-corrected chi connectivity index (χ2v) is 4.21. The zero-order valence-corrected chi connectivity index (χ0v) is 10.6. The molecule has 0 fully saturated rings. The number of aryl methyl sites for hydroxylation is 1. The number of hydrogen-bond donors (Lipinski definition) is 1. The highest BCUT2D eigenvalue weighted by Crippen LogP contribution is 2.06. The molecule has 0 amide bonds. The highest BCUT2D eigenvalue weighted by atomic mass is 16.2. The molecule has 19 heavy (non-hydrogen) atoms. The molecule has 5 nitrogen and oxygen atoms in total. The van der Waals surface area contributed by atoms with Crippen LogP contribution in [0.5, 0.6) is 0 Å². The van der Waals surface area contributed by atoms with Crippen molar-refractivity contribution < 1.29 is 4.79 Å². The van der Waals surface area contributed by atoms with Crippen LogP contribution in [0.3, 0.4) is 0 Å². The number of H-pyrrole nitrogens is 1. The minimum absolute atomic E-state index is 0.166. The number of carbonyl (C=O) groups excluding carboxylic acids is 1. The lowest BCUT2D eigenvalue weighted by molar-refractivity contribution is 0.0965. The fourth-order valence-corrected chi connectivity index (χ4v) is 1.74. The van der Waals surface area contributed by atoms with Crippen molar-refractivity contribution in [1.29, 1.82) is 0 Å². The van der Waals surface area contributed by atoms with Crippen molar-refractivity contribution in [2.75, 3.05) is 0 Å². The van der Waals surface area contributed by atoms with Crippen LogP contribution in [0.25, 0.3) is 0 Å². The Balaban J connectivity index is 2.22. The molecule has 0 aliphatic carbocycles. The van der Waals surface area contributed by atoms with Crippen LogP contribution in [0, 0.1) is 0 Å². The number of hydrogen-bond acceptors (Lipinski definition) is 3. The van der Waals surface area contributed by atoms with E-state index in [4.69, 9.17) is 0 Å². The van der Waals surface area contributed by atoms with Crippen molar-refractivity contribution in [3.63, 3.8) is 0 Å². The van der Waals surface area contributed by atoms with Gasteiger partial charge in [0.1, 0.15) is 6.54 Å². The zero-order chi connectivity index (χ0) is 13.8. The average molecular weight is 258 g/mol. The fraction of sp³-hybridized carbons (Fsp3) is 0.214. The first-order chi connectivity index (χ1) is 9.10. The van der Waals surface area contributed by atoms with Crippen LogP contribution in [0.4, 0.5) is 0 Å². The van der Waals surface area contributed by atoms with Gasteiger partial charge < -0.3 is 0 Å². The first-order valence-corrected chi connectivity index (χ1v) is 6.02. The molecule has 0 atom stereocenters. The molecule has 1 aromatic heterocycles. The Morgan fingerprint density at radius 1 is 1.11 bits per heavy atom. The fourth-order valence-electron chi connectivity index (χ4n) is 1.74. The van der Waals surface area contributed by atoms with E-state index in [1.165, 1.54) is 0 Å². The molecule has 1 heterocycles. The minimum Gasteiger partial charge on any atom is -0.292 e. The van der Waals surface area contributed by atoms with Crippen LogP contribution in [0.1, 0.15) is 22.8 Å². The van der Waals surface area contributed by atoms with E-state index in [9.17, 15) is 14.4 Å². The Bertz CT molecular complexity index is 696. The van der Waals surface area contributed by atoms with E-state index in [0.717, 1.165) is 28.8 Å². The van der Waals surface area contributed by atoms with Crippen LogP contribution in [-0.4, -0.2) is 15.6 Å². The molecule has 0 saturated heterocycles. The maximum absolute atomic E-state index is 12.0. The molecular formula is C14H14N2O3. The molecule has 1 N–H and O–H groups in total. The number of Topliss-reactive ketones (excluding diaryl/α,β-unsaturated/α-hetero) is 1. The van der Waals surface area contributed by atoms with Gasteiger partial charge in [0.2, 0.25) is 0 Å². The molecule has 0 aliphatic heterocycles. The molecule has 2 rings (SSSR count). The van der Waals surface area contributed by atoms with Crippen molar-refractivity contribution in [2.24, 2.45) is 0 Å². The Labute approximate surface area is 109 Å². The Kier molecular flexibility index (Phi) is 3.75. The van der Waals surface area contributed by atoms with Gasteiger partial charge in [0, 0.05) is 17.7 Å². The SMILES string of the molecule is CCc1ccc(C(=O)Cn2[nH]c(=O)ccc2=O)cc1. The second kappa shape index (κ2) is 5.48. The Hall–Kier alpha value is -2.43. The van der Waals surface area contributed by atoms with E-state index in [0.29, 0.717) is 5.56 Å². The summed E-state index contributed by atoms with van der Waals surface area (Å²) in [5, 5.41) is 2.33. The third kappa shape index (κ3) is 3.07. The number of nitrogens with one attached hydrogen (secondary N) is 1. The molecule has 0 unspecified atom stereocenters. The van der Waals surface area contributed by atoms with E-state index in [1.807, 2.05) is 19.1 Å². The van der Waals surface area contributed by atoms with Gasteiger partial charge in [0.05, 0.1) is 0 Å². The lowest BCUT2D eigenvalue weighted by Gasteiger charge is -2.05. The standard InChI is InChI=1S/C14H14N2O3/c1-2-10-3-5-11(6-4-10)12(17)9-16-14(19)8-7-13(18)15-16/h3-8H,2,9H2,1H3,(H,15,18). The summed E-state index contributed by atoms with van der Waals surface area (Å²) >= 11 is 0. The summed E-state index contributed by atoms with van der Waals surface area (Å²) in [4.78, 5) is 34.6. The predicted molar refractivity (Wildman–Crippen MR) is 71.5 cm³/mol. The number of carbonyl (C=O) groups is 1. The Morgan fingerprint density at radius 3 is 2.42 bits per heavy atom. The van der Waals surface area contributed by atoms with Gasteiger partial charge in [-0.3, -0.25) is 19.5 Å². The molecule has 5 heteroatoms. The quantitative estimate of drug-likeness (QED) is 0.831. The topological polar surface area (TPSA) is 71.9 Å². The number of benzene rings is 1. The van der Waals surface area contributed by atoms with Crippen LogP contribution in [0.2, 0.25) is 0 Å². The molecule has 0 aliphatic rings. The minimum atomic E-state index is -0.409. The van der Waals surface area contributed by atoms with Crippen LogP contribution in [0.15, 0.2) is 46.0 Å². The number of aromatic nitrogens is 2. The summed E-state index contributed by atoms with van der Waals surface area (Å²) in [7, 11) is 0. The van der Waals surface area contributed by atoms with Gasteiger partial charge in [-0.05, 0) is 12.0 Å². The van der Waals surface area contributed by atoms with Crippen molar-refractivity contribution in [1.82, 2.24) is 9.78 Å². The maximum atomic E-state index is 12.0. The van der Waals surface area contributed by atoms with Gasteiger partial charge in [0.25, 0.3) is 11.1 Å². The summed E-state index contributed by atoms with van der Waals surface area (Å²) in [5.74, 6) is -0.216. The molecule has 0 spiro atoms. The van der Waals surface area contributed by atoms with E-state index < -0.39 is 11.1 Å². The number of aromatic amines is 1. The van der Waals surface area contributed by atoms with Crippen molar-refractivity contribution in [2.45, 2.75) is 19.9 Å². The first kappa shape index (κ1) is 13.0. The zero-order valence-electron chi connectivity index (χ0n) is 10.6. The van der Waals surface area contributed by atoms with Crippen LogP contribution >= 0.6 is 0 Å². The highest BCUT2D eigenvalue weighted by molar-refractivity contribution is 5.95. The van der Waals surface area contributed by atoms with Gasteiger partial charge in [-0.25, -0.2) is 4.68 Å². The highest BCUT2D eigenvalue weighted by Gasteiger charge is 2.08. The third-order valence-corrected chi connectivity index (χ3v) is 2.87. The molecular weight excluding hydrogens is 244 g/mol. The van der Waals surface area contributed by atoms with Gasteiger partial charge in [-0.2, -0.15) is 0 Å². The number of nitrogens with zero attached hydrogens (tertiary/aromatic N) is 1. The summed E-state index contributed by atoms with van der Waals surface area (Å²) in [5.41, 5.74) is 0.850. The number of rotatable bonds is 4. The molecule has 98 valence electrons. The van der Waals surface area contributed by atoms with Gasteiger partial charge in [-0.1, -0.05) is 31.2 Å². The summed E-state index contributed by atoms with van der Waals surface area (Å²) < 4.78 is 1.01. The van der Waals surface area contributed by atoms with E-state index in [2.05, 4.69) is 5.10 Å². The lowest BCUT2D eigenvalue weighted by atomic mass is 10.1. The van der Waals surface area contributed by atoms with Gasteiger partial charge >= 0.3 is 0 Å². The first-order valence-electron chi connectivity index (χ1n) is 6.02. The van der Waals surface area contributed by atoms with Crippen LogP contribution in [-0.2, 0) is 13.0 Å². The lowest BCUT2D eigenvalue weighted by Crippen LogP contribution is -2.30. The molecule has 0 radical (unpaired) electrons. The van der Waals surface area contributed by atoms with Crippen molar-refractivity contribution in [3.05, 3.63) is 68.2 Å². The molecule has 0 saturated carbocycles.